The highest BCUT2D eigenvalue weighted by molar-refractivity contribution is 5.95. The summed E-state index contributed by atoms with van der Waals surface area (Å²) in [5.41, 5.74) is 2.11. The number of nitrogens with zero attached hydrogens (tertiary/aromatic N) is 1. The summed E-state index contributed by atoms with van der Waals surface area (Å²) in [6.45, 7) is 5.83. The number of carbonyl (C=O) groups excluding carboxylic acids is 3. The summed E-state index contributed by atoms with van der Waals surface area (Å²) in [4.78, 5) is 38.2. The van der Waals surface area contributed by atoms with Crippen molar-refractivity contribution in [1.82, 2.24) is 16.0 Å². The number of hydrogen-bond donors (Lipinski definition) is 3. The number of hydrogen-bond acceptors (Lipinski definition) is 6. The van der Waals surface area contributed by atoms with E-state index in [-0.39, 0.29) is 36.3 Å². The fourth-order valence-corrected chi connectivity index (χ4v) is 4.95. The number of carbonyl (C=O) groups is 3. The van der Waals surface area contributed by atoms with Gasteiger partial charge in [0.2, 0.25) is 17.7 Å². The van der Waals surface area contributed by atoms with E-state index in [4.69, 9.17) is 9.47 Å². The van der Waals surface area contributed by atoms with Gasteiger partial charge in [0.15, 0.2) is 0 Å². The van der Waals surface area contributed by atoms with Crippen molar-refractivity contribution >= 4 is 23.4 Å². The van der Waals surface area contributed by atoms with Gasteiger partial charge in [-0.15, -0.1) is 0 Å². The van der Waals surface area contributed by atoms with E-state index in [0.29, 0.717) is 0 Å². The van der Waals surface area contributed by atoms with Crippen LogP contribution in [0.2, 0.25) is 0 Å². The Morgan fingerprint density at radius 1 is 1.05 bits per heavy atom. The van der Waals surface area contributed by atoms with Crippen LogP contribution in [0, 0.1) is 5.92 Å². The standard InChI is InChI=1S/C29H36N4O5/c1-18(30-28(35)27-15-26(29(36)32-27)31-19(2)34)21-5-9-24(10-6-21)38-25-13-14-33(16-25)22-7-11-23(12-8-22)37-17-20-3-4-20/h5-12,18,20,25-27H,3-4,13-17H2,1-2H3,(H,30,35)(H,31,34)(H,32,36)/t18-,25+,26-,27-/m0/s1. The van der Waals surface area contributed by atoms with Gasteiger partial charge in [-0.1, -0.05) is 12.1 Å². The first kappa shape index (κ1) is 25.9. The molecule has 0 radical (unpaired) electrons. The lowest BCUT2D eigenvalue weighted by Crippen LogP contribution is -2.42. The molecular formula is C29H36N4O5. The summed E-state index contributed by atoms with van der Waals surface area (Å²) in [5.74, 6) is 1.57. The molecule has 9 heteroatoms. The summed E-state index contributed by atoms with van der Waals surface area (Å²) in [6.07, 6.45) is 3.86. The zero-order valence-electron chi connectivity index (χ0n) is 21.9. The summed E-state index contributed by atoms with van der Waals surface area (Å²) in [5, 5.41) is 8.16. The first-order valence-corrected chi connectivity index (χ1v) is 13.5. The molecule has 2 aromatic carbocycles. The normalized spacial score (nSPS) is 23.5. The third-order valence-corrected chi connectivity index (χ3v) is 7.37. The highest BCUT2D eigenvalue weighted by atomic mass is 16.5. The monoisotopic (exact) mass is 520 g/mol. The second-order valence-electron chi connectivity index (χ2n) is 10.6. The summed E-state index contributed by atoms with van der Waals surface area (Å²) in [7, 11) is 0. The number of nitrogens with one attached hydrogen (secondary N) is 3. The lowest BCUT2D eigenvalue weighted by atomic mass is 10.1. The second-order valence-corrected chi connectivity index (χ2v) is 10.6. The molecule has 1 aliphatic carbocycles. The molecule has 202 valence electrons. The molecule has 3 amide bonds. The highest BCUT2D eigenvalue weighted by Crippen LogP contribution is 2.30. The van der Waals surface area contributed by atoms with Crippen LogP contribution in [0.3, 0.4) is 0 Å². The number of anilines is 1. The maximum atomic E-state index is 12.7. The molecule has 3 N–H and O–H groups in total. The molecule has 2 saturated heterocycles. The van der Waals surface area contributed by atoms with Gasteiger partial charge in [-0.25, -0.2) is 0 Å². The van der Waals surface area contributed by atoms with Crippen molar-refractivity contribution in [2.24, 2.45) is 5.92 Å². The zero-order valence-corrected chi connectivity index (χ0v) is 21.9. The molecule has 9 nitrogen and oxygen atoms in total. The van der Waals surface area contributed by atoms with Gasteiger partial charge in [-0.2, -0.15) is 0 Å². The van der Waals surface area contributed by atoms with E-state index in [9.17, 15) is 14.4 Å². The Hall–Kier alpha value is -3.75. The van der Waals surface area contributed by atoms with Crippen LogP contribution in [-0.4, -0.2) is 55.6 Å². The number of ether oxygens (including phenoxy) is 2. The average Bonchev–Trinajstić information content (AvgIpc) is 3.51. The molecule has 0 spiro atoms. The molecule has 5 rings (SSSR count). The maximum Gasteiger partial charge on any atom is 0.243 e. The van der Waals surface area contributed by atoms with Crippen LogP contribution >= 0.6 is 0 Å². The Balaban J connectivity index is 1.08. The Morgan fingerprint density at radius 2 is 1.76 bits per heavy atom. The van der Waals surface area contributed by atoms with E-state index < -0.39 is 12.1 Å². The van der Waals surface area contributed by atoms with E-state index in [0.717, 1.165) is 49.1 Å². The van der Waals surface area contributed by atoms with Gasteiger partial charge in [-0.3, -0.25) is 14.4 Å². The molecule has 0 unspecified atom stereocenters. The number of rotatable bonds is 10. The fraction of sp³-hybridized carbons (Fsp3) is 0.483. The van der Waals surface area contributed by atoms with E-state index in [1.165, 1.54) is 25.5 Å². The maximum absolute atomic E-state index is 12.7. The van der Waals surface area contributed by atoms with Crippen LogP contribution in [0.25, 0.3) is 0 Å². The fourth-order valence-electron chi connectivity index (χ4n) is 4.95. The minimum atomic E-state index is -0.674. The molecular weight excluding hydrogens is 484 g/mol. The van der Waals surface area contributed by atoms with Crippen LogP contribution < -0.4 is 30.3 Å². The number of amides is 3. The molecule has 1 saturated carbocycles. The Labute approximate surface area is 223 Å². The third kappa shape index (κ3) is 6.57. The lowest BCUT2D eigenvalue weighted by molar-refractivity contribution is -0.127. The van der Waals surface area contributed by atoms with Crippen LogP contribution in [-0.2, 0) is 14.4 Å². The van der Waals surface area contributed by atoms with E-state index in [1.807, 2.05) is 43.3 Å². The molecule has 2 aliphatic heterocycles. The van der Waals surface area contributed by atoms with Crippen LogP contribution in [0.4, 0.5) is 5.69 Å². The molecule has 2 heterocycles. The molecule has 0 bridgehead atoms. The average molecular weight is 521 g/mol. The van der Waals surface area contributed by atoms with Gasteiger partial charge < -0.3 is 30.3 Å². The van der Waals surface area contributed by atoms with Crippen molar-refractivity contribution < 1.29 is 23.9 Å². The minimum Gasteiger partial charge on any atom is -0.493 e. The SMILES string of the molecule is CC(=O)N[C@H]1C[C@@H](C(=O)N[C@@H](C)c2ccc(O[C@@H]3CCN(c4ccc(OCC5CC5)cc4)C3)cc2)NC1=O. The summed E-state index contributed by atoms with van der Waals surface area (Å²) >= 11 is 0. The second kappa shape index (κ2) is 11.3. The van der Waals surface area contributed by atoms with Crippen molar-refractivity contribution in [3.63, 3.8) is 0 Å². The van der Waals surface area contributed by atoms with E-state index in [1.54, 1.807) is 0 Å². The van der Waals surface area contributed by atoms with E-state index >= 15 is 0 Å². The van der Waals surface area contributed by atoms with Gasteiger partial charge in [0, 0.05) is 32.0 Å². The smallest absolute Gasteiger partial charge is 0.243 e. The highest BCUT2D eigenvalue weighted by Gasteiger charge is 2.36. The molecule has 2 aromatic rings. The first-order valence-electron chi connectivity index (χ1n) is 13.5. The number of benzene rings is 2. The quantitative estimate of drug-likeness (QED) is 0.445. The third-order valence-electron chi connectivity index (χ3n) is 7.37. The van der Waals surface area contributed by atoms with Gasteiger partial charge in [0.05, 0.1) is 19.2 Å². The van der Waals surface area contributed by atoms with Gasteiger partial charge in [-0.05, 0) is 67.6 Å². The van der Waals surface area contributed by atoms with Crippen molar-refractivity contribution in [3.8, 4) is 11.5 Å². The first-order chi connectivity index (χ1) is 18.3. The Kier molecular flexibility index (Phi) is 7.72. The minimum absolute atomic E-state index is 0.103. The Morgan fingerprint density at radius 3 is 2.45 bits per heavy atom. The van der Waals surface area contributed by atoms with Gasteiger partial charge >= 0.3 is 0 Å². The van der Waals surface area contributed by atoms with Crippen LogP contribution in [0.1, 0.15) is 51.1 Å². The summed E-state index contributed by atoms with van der Waals surface area (Å²) in [6, 6.07) is 14.5. The van der Waals surface area contributed by atoms with Crippen LogP contribution in [0.15, 0.2) is 48.5 Å². The zero-order chi connectivity index (χ0) is 26.6. The van der Waals surface area contributed by atoms with Crippen molar-refractivity contribution in [3.05, 3.63) is 54.1 Å². The molecule has 3 fully saturated rings. The predicted molar refractivity (Wildman–Crippen MR) is 143 cm³/mol. The van der Waals surface area contributed by atoms with Crippen LogP contribution in [0.5, 0.6) is 11.5 Å². The molecule has 3 aliphatic rings. The van der Waals surface area contributed by atoms with Crippen molar-refractivity contribution in [1.29, 1.82) is 0 Å². The lowest BCUT2D eigenvalue weighted by Gasteiger charge is -2.20. The Bertz CT molecular complexity index is 1150. The van der Waals surface area contributed by atoms with Crippen molar-refractivity contribution in [2.75, 3.05) is 24.6 Å². The summed E-state index contributed by atoms with van der Waals surface area (Å²) < 4.78 is 12.1. The van der Waals surface area contributed by atoms with Crippen molar-refractivity contribution in [2.45, 2.75) is 63.8 Å². The van der Waals surface area contributed by atoms with Gasteiger partial charge in [0.1, 0.15) is 29.7 Å². The molecule has 4 atom stereocenters. The molecule has 38 heavy (non-hydrogen) atoms. The topological polar surface area (TPSA) is 109 Å². The van der Waals surface area contributed by atoms with Gasteiger partial charge in [0.25, 0.3) is 0 Å². The molecule has 0 aromatic heterocycles. The predicted octanol–water partition coefficient (Wildman–Crippen LogP) is 2.70. The largest absolute Gasteiger partial charge is 0.493 e. The van der Waals surface area contributed by atoms with E-state index in [2.05, 4.69) is 33.0 Å².